The monoisotopic (exact) mass is 530 g/mol. The van der Waals surface area contributed by atoms with Crippen LogP contribution in [0.15, 0.2) is 47.4 Å². The summed E-state index contributed by atoms with van der Waals surface area (Å²) in [6.45, 7) is 3.53. The third kappa shape index (κ3) is 5.77. The van der Waals surface area contributed by atoms with Gasteiger partial charge in [-0.05, 0) is 75.2 Å². The summed E-state index contributed by atoms with van der Waals surface area (Å²) in [6, 6.07) is 1.85. The zero-order valence-corrected chi connectivity index (χ0v) is 21.3. The van der Waals surface area contributed by atoms with E-state index in [2.05, 4.69) is 30.9 Å². The number of alkyl halides is 3. The van der Waals surface area contributed by atoms with Crippen LogP contribution < -0.4 is 16.0 Å². The van der Waals surface area contributed by atoms with Crippen molar-refractivity contribution in [3.8, 4) is 0 Å². The van der Waals surface area contributed by atoms with Crippen LogP contribution in [0, 0.1) is 17.3 Å². The summed E-state index contributed by atoms with van der Waals surface area (Å²) in [5, 5.41) is 9.91. The van der Waals surface area contributed by atoms with Crippen molar-refractivity contribution in [2.45, 2.75) is 45.3 Å². The number of halogens is 3. The Bertz CT molecular complexity index is 1250. The maximum Gasteiger partial charge on any atom is 0.397 e. The van der Waals surface area contributed by atoms with Gasteiger partial charge in [0.25, 0.3) is 5.91 Å². The van der Waals surface area contributed by atoms with Crippen LogP contribution in [-0.4, -0.2) is 41.4 Å². The van der Waals surface area contributed by atoms with E-state index in [4.69, 9.17) is 0 Å². The number of anilines is 1. The summed E-state index contributed by atoms with van der Waals surface area (Å²) in [7, 11) is 0. The summed E-state index contributed by atoms with van der Waals surface area (Å²) in [5.74, 6) is 0.839. The normalized spacial score (nSPS) is 25.4. The second-order valence-electron chi connectivity index (χ2n) is 10.0. The number of rotatable bonds is 6. The third-order valence-corrected chi connectivity index (χ3v) is 8.25. The number of carbonyl (C=O) groups excluding carboxylic acids is 1. The first-order chi connectivity index (χ1) is 17.7. The van der Waals surface area contributed by atoms with E-state index in [9.17, 15) is 18.0 Å². The van der Waals surface area contributed by atoms with Gasteiger partial charge in [-0.1, -0.05) is 23.5 Å². The lowest BCUT2D eigenvalue weighted by Gasteiger charge is -2.30. The molecule has 0 radical (unpaired) electrons. The van der Waals surface area contributed by atoms with Crippen LogP contribution in [0.4, 0.5) is 24.0 Å². The van der Waals surface area contributed by atoms with E-state index < -0.39 is 11.6 Å². The van der Waals surface area contributed by atoms with E-state index in [1.54, 1.807) is 12.4 Å². The molecule has 11 heteroatoms. The summed E-state index contributed by atoms with van der Waals surface area (Å²) >= 11 is 1.33. The molecular formula is C26H29F3N6OS. The van der Waals surface area contributed by atoms with Crippen molar-refractivity contribution >= 4 is 34.3 Å². The Morgan fingerprint density at radius 1 is 1.27 bits per heavy atom. The first-order valence-electron chi connectivity index (χ1n) is 12.4. The molecule has 1 fully saturated rings. The lowest BCUT2D eigenvalue weighted by molar-refractivity contribution is -0.199. The van der Waals surface area contributed by atoms with Crippen LogP contribution in [0.25, 0.3) is 0 Å². The van der Waals surface area contributed by atoms with Crippen molar-refractivity contribution in [1.29, 1.82) is 0 Å². The molecule has 0 aromatic carbocycles. The van der Waals surface area contributed by atoms with Crippen LogP contribution in [0.2, 0.25) is 0 Å². The van der Waals surface area contributed by atoms with E-state index in [-0.39, 0.29) is 18.9 Å². The molecule has 0 bridgehead atoms. The highest BCUT2D eigenvalue weighted by Crippen LogP contribution is 2.44. The van der Waals surface area contributed by atoms with Gasteiger partial charge in [0.05, 0.1) is 23.8 Å². The molecule has 2 aliphatic heterocycles. The van der Waals surface area contributed by atoms with Crippen LogP contribution in [0.1, 0.15) is 47.1 Å². The van der Waals surface area contributed by atoms with Gasteiger partial charge in [-0.15, -0.1) is 0 Å². The number of nitrogens with zero attached hydrogens (tertiary/aromatic N) is 3. The zero-order chi connectivity index (χ0) is 26.0. The standard InChI is InChI=1S/C26H29F3N6OS/c1-25(26(27,28)29)6-2-19(3-7-25)35-24-34-14-20(37-24)13-33-23(36)21-11-18-10-16(17-4-8-30-12-17)5-9-31-22(18)15-32-21/h2-3,6,9,11,14-17,30H,4-5,7-8,10,12-13H2,1H3,(H,33,36)(H,34,35)/t16?,17-,25?/m0/s1. The number of amides is 1. The number of hydrogen-bond donors (Lipinski definition) is 3. The fourth-order valence-corrected chi connectivity index (χ4v) is 5.62. The fraction of sp³-hybridized carbons (Fsp3) is 0.462. The number of allylic oxidation sites excluding steroid dienone is 3. The molecule has 1 aliphatic carbocycles. The Hall–Kier alpha value is -3.05. The molecule has 2 aromatic rings. The van der Waals surface area contributed by atoms with Gasteiger partial charge < -0.3 is 16.0 Å². The number of aliphatic imine (C=N–C) groups is 1. The first-order valence-corrected chi connectivity index (χ1v) is 13.2. The van der Waals surface area contributed by atoms with Gasteiger partial charge in [0.15, 0.2) is 5.13 Å². The molecule has 1 saturated heterocycles. The van der Waals surface area contributed by atoms with Gasteiger partial charge in [0.1, 0.15) is 5.69 Å². The number of aromatic nitrogens is 2. The van der Waals surface area contributed by atoms with E-state index >= 15 is 0 Å². The molecule has 37 heavy (non-hydrogen) atoms. The van der Waals surface area contributed by atoms with Crippen LogP contribution in [0.3, 0.4) is 0 Å². The second-order valence-corrected chi connectivity index (χ2v) is 11.1. The molecule has 0 saturated carbocycles. The van der Waals surface area contributed by atoms with Gasteiger partial charge in [0, 0.05) is 23.0 Å². The molecule has 2 aromatic heterocycles. The highest BCUT2D eigenvalue weighted by molar-refractivity contribution is 7.15. The highest BCUT2D eigenvalue weighted by atomic mass is 32.1. The minimum atomic E-state index is -4.30. The molecule has 4 heterocycles. The Morgan fingerprint density at radius 2 is 2.14 bits per heavy atom. The maximum absolute atomic E-state index is 13.2. The SMILES string of the molecule is CC1(C(F)(F)F)C=CC(Nc2ncc(CNC(=O)c3cc4c(cn3)N=CCC([C@H]3CCNC3)C4)s2)=CC1. The predicted octanol–water partition coefficient (Wildman–Crippen LogP) is 5.17. The first kappa shape index (κ1) is 25.6. The van der Waals surface area contributed by atoms with Crippen molar-refractivity contribution in [2.75, 3.05) is 18.4 Å². The van der Waals surface area contributed by atoms with Crippen molar-refractivity contribution < 1.29 is 18.0 Å². The average Bonchev–Trinajstić information content (AvgIpc) is 3.52. The number of thiazole rings is 1. The van der Waals surface area contributed by atoms with Gasteiger partial charge in [-0.3, -0.25) is 9.79 Å². The smallest absolute Gasteiger partial charge is 0.346 e. The summed E-state index contributed by atoms with van der Waals surface area (Å²) in [6.07, 6.45) is 7.94. The van der Waals surface area contributed by atoms with E-state index in [0.29, 0.717) is 28.4 Å². The summed E-state index contributed by atoms with van der Waals surface area (Å²) in [5.41, 5.74) is 0.930. The van der Waals surface area contributed by atoms with Gasteiger partial charge in [-0.25, -0.2) is 9.97 Å². The van der Waals surface area contributed by atoms with E-state index in [1.807, 2.05) is 12.3 Å². The number of carbonyl (C=O) groups is 1. The molecular weight excluding hydrogens is 501 g/mol. The average molecular weight is 531 g/mol. The minimum absolute atomic E-state index is 0.138. The molecule has 0 spiro atoms. The zero-order valence-electron chi connectivity index (χ0n) is 20.4. The van der Waals surface area contributed by atoms with Crippen molar-refractivity contribution in [3.63, 3.8) is 0 Å². The second kappa shape index (κ2) is 10.4. The third-order valence-electron chi connectivity index (χ3n) is 7.34. The van der Waals surface area contributed by atoms with Gasteiger partial charge in [-0.2, -0.15) is 13.2 Å². The highest BCUT2D eigenvalue weighted by Gasteiger charge is 2.49. The van der Waals surface area contributed by atoms with Crippen LogP contribution in [-0.2, 0) is 13.0 Å². The van der Waals surface area contributed by atoms with E-state index in [1.165, 1.54) is 42.9 Å². The van der Waals surface area contributed by atoms with Gasteiger partial charge in [0.2, 0.25) is 0 Å². The van der Waals surface area contributed by atoms with Crippen molar-refractivity contribution in [1.82, 2.24) is 20.6 Å². The van der Waals surface area contributed by atoms with E-state index in [0.717, 1.165) is 42.1 Å². The summed E-state index contributed by atoms with van der Waals surface area (Å²) < 4.78 is 39.5. The molecule has 5 rings (SSSR count). The largest absolute Gasteiger partial charge is 0.397 e. The molecule has 3 atom stereocenters. The molecule has 1 amide bonds. The number of fused-ring (bicyclic) bond motifs is 1. The molecule has 3 N–H and O–H groups in total. The fourth-order valence-electron chi connectivity index (χ4n) is 4.85. The van der Waals surface area contributed by atoms with Crippen molar-refractivity contribution in [2.24, 2.45) is 22.2 Å². The Kier molecular flexibility index (Phi) is 7.17. The lowest BCUT2D eigenvalue weighted by Crippen LogP contribution is -2.34. The molecule has 3 aliphatic rings. The maximum atomic E-state index is 13.2. The Labute approximate surface area is 217 Å². The molecule has 2 unspecified atom stereocenters. The Balaban J connectivity index is 1.17. The lowest BCUT2D eigenvalue weighted by atomic mass is 9.82. The predicted molar refractivity (Wildman–Crippen MR) is 138 cm³/mol. The van der Waals surface area contributed by atoms with Crippen LogP contribution >= 0.6 is 11.3 Å². The minimum Gasteiger partial charge on any atom is -0.346 e. The summed E-state index contributed by atoms with van der Waals surface area (Å²) in [4.78, 5) is 26.8. The number of nitrogens with one attached hydrogen (secondary N) is 3. The molecule has 196 valence electrons. The topological polar surface area (TPSA) is 91.3 Å². The number of hydrogen-bond acceptors (Lipinski definition) is 7. The Morgan fingerprint density at radius 3 is 2.86 bits per heavy atom. The van der Waals surface area contributed by atoms with Crippen LogP contribution in [0.5, 0.6) is 0 Å². The van der Waals surface area contributed by atoms with Crippen molar-refractivity contribution in [3.05, 3.63) is 58.5 Å². The molecule has 7 nitrogen and oxygen atoms in total. The quantitative estimate of drug-likeness (QED) is 0.480. The number of pyridine rings is 1. The van der Waals surface area contributed by atoms with Gasteiger partial charge >= 0.3 is 6.18 Å².